The second-order valence-electron chi connectivity index (χ2n) is 7.63. The molecule has 1 saturated heterocycles. The fourth-order valence-corrected chi connectivity index (χ4v) is 5.15. The standard InChI is InChI=1S/C19H21N5O7S2.Na/c1-8(25)30-5-10-6-32-17-13(16(27)24(17)14(10)18(28)29)22-15(26)12(11-7-33-19(20)21-11)23-31-4-9-2-3-9;/h7,9,13,17H,2-6H2,1H3,(H2,20,21)(H,22,26)(H,28,29);/q;+1/p-1/b23-12-;/t13-,17-;/m1./s1. The number of nitrogens with one attached hydrogen (secondary N) is 1. The third kappa shape index (κ3) is 5.74. The zero-order chi connectivity index (χ0) is 23.7. The van der Waals surface area contributed by atoms with Gasteiger partial charge in [-0.3, -0.25) is 19.3 Å². The number of nitrogen functional groups attached to an aromatic ring is 1. The number of esters is 1. The Hall–Kier alpha value is -2.13. The van der Waals surface area contributed by atoms with Gasteiger partial charge >= 0.3 is 35.5 Å². The number of thioether (sulfide) groups is 1. The zero-order valence-electron chi connectivity index (χ0n) is 18.4. The van der Waals surface area contributed by atoms with Gasteiger partial charge in [0.25, 0.3) is 11.8 Å². The molecule has 34 heavy (non-hydrogen) atoms. The number of thiazole rings is 1. The number of aromatic nitrogens is 1. The largest absolute Gasteiger partial charge is 1.00 e. The number of carbonyl (C=O) groups excluding carboxylic acids is 4. The Kier molecular flexibility index (Phi) is 8.62. The van der Waals surface area contributed by atoms with E-state index in [2.05, 4.69) is 15.5 Å². The molecule has 2 amide bonds. The summed E-state index contributed by atoms with van der Waals surface area (Å²) in [5, 5.41) is 19.3. The molecule has 1 aliphatic carbocycles. The molecule has 2 aliphatic heterocycles. The van der Waals surface area contributed by atoms with Gasteiger partial charge in [0, 0.05) is 23.6 Å². The van der Waals surface area contributed by atoms with Crippen molar-refractivity contribution in [1.29, 1.82) is 0 Å². The summed E-state index contributed by atoms with van der Waals surface area (Å²) in [7, 11) is 0. The molecule has 3 aliphatic rings. The number of rotatable bonds is 9. The number of hydrogen-bond donors (Lipinski definition) is 2. The van der Waals surface area contributed by atoms with Crippen molar-refractivity contribution in [2.75, 3.05) is 24.7 Å². The van der Waals surface area contributed by atoms with Gasteiger partial charge in [-0.25, -0.2) is 4.98 Å². The van der Waals surface area contributed by atoms with Crippen LogP contribution in [0.3, 0.4) is 0 Å². The van der Waals surface area contributed by atoms with Crippen LogP contribution in [0.25, 0.3) is 0 Å². The maximum absolute atomic E-state index is 12.9. The van der Waals surface area contributed by atoms with Crippen molar-refractivity contribution in [3.63, 3.8) is 0 Å². The molecule has 15 heteroatoms. The number of fused-ring (bicyclic) bond motifs is 1. The third-order valence-electron chi connectivity index (χ3n) is 5.12. The third-order valence-corrected chi connectivity index (χ3v) is 7.13. The fourth-order valence-electron chi connectivity index (χ4n) is 3.27. The molecule has 176 valence electrons. The molecule has 1 aromatic rings. The predicted molar refractivity (Wildman–Crippen MR) is 115 cm³/mol. The Labute approximate surface area is 224 Å². The van der Waals surface area contributed by atoms with Gasteiger partial charge in [0.15, 0.2) is 10.8 Å². The summed E-state index contributed by atoms with van der Waals surface area (Å²) in [6.45, 7) is 1.30. The number of β-lactam (4-membered cyclic amide) rings is 1. The molecular formula is C19H20N5NaO7S2. The Balaban J connectivity index is 0.00000324. The van der Waals surface area contributed by atoms with Gasteiger partial charge in [-0.15, -0.1) is 23.1 Å². The minimum atomic E-state index is -1.56. The molecule has 1 saturated carbocycles. The SMILES string of the molecule is CC(=O)OCC1=C(C(=O)[O-])N2C(=O)[C@@H](NC(=O)/C(=N\OCC3CC3)c3csc(N)n3)[C@H]2SC1.[Na+]. The number of carboxylic acid groups (broad SMARTS) is 1. The summed E-state index contributed by atoms with van der Waals surface area (Å²) in [6.07, 6.45) is 2.08. The molecule has 0 spiro atoms. The number of carbonyl (C=O) groups is 4. The van der Waals surface area contributed by atoms with Crippen molar-refractivity contribution in [1.82, 2.24) is 15.2 Å². The van der Waals surface area contributed by atoms with Crippen molar-refractivity contribution in [2.45, 2.75) is 31.2 Å². The van der Waals surface area contributed by atoms with Crippen LogP contribution in [0.5, 0.6) is 0 Å². The summed E-state index contributed by atoms with van der Waals surface area (Å²) in [5.74, 6) is -2.86. The van der Waals surface area contributed by atoms with Crippen LogP contribution in [0.4, 0.5) is 5.13 Å². The van der Waals surface area contributed by atoms with E-state index in [4.69, 9.17) is 15.3 Å². The second kappa shape index (κ2) is 11.1. The molecule has 0 aromatic carbocycles. The van der Waals surface area contributed by atoms with E-state index in [0.717, 1.165) is 29.1 Å². The first kappa shape index (κ1) is 26.5. The minimum Gasteiger partial charge on any atom is -0.543 e. The van der Waals surface area contributed by atoms with E-state index in [-0.39, 0.29) is 69.7 Å². The van der Waals surface area contributed by atoms with Gasteiger partial charge in [0.1, 0.15) is 30.3 Å². The molecule has 2 fully saturated rings. The van der Waals surface area contributed by atoms with Gasteiger partial charge in [0.05, 0.1) is 11.7 Å². The van der Waals surface area contributed by atoms with Gasteiger partial charge < -0.3 is 30.5 Å². The van der Waals surface area contributed by atoms with Gasteiger partial charge in [-0.1, -0.05) is 5.16 Å². The van der Waals surface area contributed by atoms with Crippen LogP contribution in [-0.2, 0) is 28.8 Å². The number of amides is 2. The average Bonchev–Trinajstić information content (AvgIpc) is 3.50. The van der Waals surface area contributed by atoms with Crippen LogP contribution in [0.15, 0.2) is 21.8 Å². The number of hydrogen-bond acceptors (Lipinski definition) is 12. The minimum absolute atomic E-state index is 0. The van der Waals surface area contributed by atoms with Crippen LogP contribution in [-0.4, -0.2) is 69.7 Å². The second-order valence-corrected chi connectivity index (χ2v) is 9.63. The normalized spacial score (nSPS) is 21.7. The molecule has 0 bridgehead atoms. The first-order chi connectivity index (χ1) is 15.8. The Morgan fingerprint density at radius 1 is 1.38 bits per heavy atom. The molecule has 0 radical (unpaired) electrons. The summed E-state index contributed by atoms with van der Waals surface area (Å²) >= 11 is 2.36. The molecule has 3 heterocycles. The van der Waals surface area contributed by atoms with E-state index < -0.39 is 35.2 Å². The van der Waals surface area contributed by atoms with Gasteiger partial charge in [-0.2, -0.15) is 0 Å². The molecule has 4 rings (SSSR count). The molecule has 12 nitrogen and oxygen atoms in total. The summed E-state index contributed by atoms with van der Waals surface area (Å²) < 4.78 is 4.88. The predicted octanol–water partition coefficient (Wildman–Crippen LogP) is -4.17. The average molecular weight is 518 g/mol. The topological polar surface area (TPSA) is 176 Å². The van der Waals surface area contributed by atoms with Crippen molar-refractivity contribution >= 4 is 57.7 Å². The van der Waals surface area contributed by atoms with Crippen LogP contribution in [0.2, 0.25) is 0 Å². The van der Waals surface area contributed by atoms with E-state index in [1.807, 2.05) is 0 Å². The number of nitrogens with two attached hydrogens (primary N) is 1. The Bertz CT molecular complexity index is 1070. The van der Waals surface area contributed by atoms with Crippen LogP contribution in [0.1, 0.15) is 25.5 Å². The van der Waals surface area contributed by atoms with E-state index in [9.17, 15) is 24.3 Å². The van der Waals surface area contributed by atoms with Gasteiger partial charge in [-0.05, 0) is 18.8 Å². The van der Waals surface area contributed by atoms with Crippen molar-refractivity contribution < 1.29 is 63.4 Å². The quantitative estimate of drug-likeness (QED) is 0.107. The van der Waals surface area contributed by atoms with Crippen LogP contribution < -0.4 is 45.7 Å². The van der Waals surface area contributed by atoms with Gasteiger partial charge in [0.2, 0.25) is 0 Å². The van der Waals surface area contributed by atoms with E-state index in [1.165, 1.54) is 18.7 Å². The van der Waals surface area contributed by atoms with Crippen molar-refractivity contribution in [3.8, 4) is 0 Å². The Morgan fingerprint density at radius 3 is 2.71 bits per heavy atom. The number of aliphatic carboxylic acids is 1. The number of oxime groups is 1. The molecule has 2 atom stereocenters. The van der Waals surface area contributed by atoms with E-state index >= 15 is 0 Å². The first-order valence-electron chi connectivity index (χ1n) is 9.99. The monoisotopic (exact) mass is 517 g/mol. The number of anilines is 1. The van der Waals surface area contributed by atoms with Crippen molar-refractivity contribution in [2.24, 2.45) is 11.1 Å². The van der Waals surface area contributed by atoms with E-state index in [1.54, 1.807) is 5.38 Å². The summed E-state index contributed by atoms with van der Waals surface area (Å²) in [5.41, 5.74) is 5.66. The smallest absolute Gasteiger partial charge is 0.543 e. The Morgan fingerprint density at radius 2 is 2.12 bits per heavy atom. The van der Waals surface area contributed by atoms with Crippen LogP contribution >= 0.6 is 23.1 Å². The summed E-state index contributed by atoms with van der Waals surface area (Å²) in [6, 6.07) is -0.989. The maximum Gasteiger partial charge on any atom is 1.00 e. The van der Waals surface area contributed by atoms with Crippen molar-refractivity contribution in [3.05, 3.63) is 22.3 Å². The fraction of sp³-hybridized carbons (Fsp3) is 0.474. The summed E-state index contributed by atoms with van der Waals surface area (Å²) in [4.78, 5) is 58.9. The molecule has 3 N–H and O–H groups in total. The van der Waals surface area contributed by atoms with Crippen LogP contribution in [0, 0.1) is 5.92 Å². The maximum atomic E-state index is 12.9. The number of carboxylic acids is 1. The zero-order valence-corrected chi connectivity index (χ0v) is 22.1. The number of nitrogens with zero attached hydrogens (tertiary/aromatic N) is 3. The molecule has 1 aromatic heterocycles. The molecule has 0 unspecified atom stereocenters. The molecular weight excluding hydrogens is 497 g/mol. The first-order valence-corrected chi connectivity index (χ1v) is 11.9. The van der Waals surface area contributed by atoms with E-state index in [0.29, 0.717) is 12.5 Å². The number of ether oxygens (including phenoxy) is 1.